The number of aliphatic hydroxyl groups is 1. The van der Waals surface area contributed by atoms with Crippen molar-refractivity contribution in [1.82, 2.24) is 9.88 Å². The van der Waals surface area contributed by atoms with Crippen molar-refractivity contribution >= 4 is 11.8 Å². The molecular formula is C17H21N3O4. The maximum atomic E-state index is 12.9. The Kier molecular flexibility index (Phi) is 3.83. The number of rotatable bonds is 4. The molecule has 0 aliphatic carbocycles. The third-order valence-electron chi connectivity index (χ3n) is 4.92. The van der Waals surface area contributed by atoms with Crippen LogP contribution < -0.4 is 10.5 Å². The van der Waals surface area contributed by atoms with Crippen LogP contribution in [0.5, 0.6) is 5.75 Å². The normalized spacial score (nSPS) is 28.1. The summed E-state index contributed by atoms with van der Waals surface area (Å²) in [5, 5.41) is 9.65. The molecule has 1 saturated heterocycles. The van der Waals surface area contributed by atoms with E-state index in [4.69, 9.17) is 10.5 Å². The van der Waals surface area contributed by atoms with Crippen LogP contribution in [0.2, 0.25) is 0 Å². The molecule has 1 aromatic rings. The summed E-state index contributed by atoms with van der Waals surface area (Å²) in [5.74, 6) is -1.95. The van der Waals surface area contributed by atoms with Gasteiger partial charge in [0.15, 0.2) is 5.72 Å². The van der Waals surface area contributed by atoms with Crippen molar-refractivity contribution < 1.29 is 19.4 Å². The largest absolute Gasteiger partial charge is 0.466 e. The average Bonchev–Trinajstić information content (AvgIpc) is 2.52. The van der Waals surface area contributed by atoms with Gasteiger partial charge in [-0.3, -0.25) is 14.6 Å². The second-order valence-electron chi connectivity index (χ2n) is 6.48. The van der Waals surface area contributed by atoms with Gasteiger partial charge in [0.1, 0.15) is 11.7 Å². The van der Waals surface area contributed by atoms with E-state index >= 15 is 0 Å². The zero-order valence-electron chi connectivity index (χ0n) is 13.8. The summed E-state index contributed by atoms with van der Waals surface area (Å²) in [7, 11) is 0. The lowest BCUT2D eigenvalue weighted by molar-refractivity contribution is -0.173. The SMILES string of the molecule is C=CCN1C(=O)[C@@H](C(N)=O)[C@H]2C[C@]1(C)Oc1c(C)ncc(CO)c12. The second kappa shape index (κ2) is 5.59. The maximum Gasteiger partial charge on any atom is 0.239 e. The highest BCUT2D eigenvalue weighted by atomic mass is 16.5. The molecule has 128 valence electrons. The first kappa shape index (κ1) is 16.4. The molecule has 2 aliphatic heterocycles. The summed E-state index contributed by atoms with van der Waals surface area (Å²) in [4.78, 5) is 30.7. The third-order valence-corrected chi connectivity index (χ3v) is 4.92. The summed E-state index contributed by atoms with van der Waals surface area (Å²) in [6.45, 7) is 7.29. The number of pyridine rings is 1. The Hall–Kier alpha value is -2.41. The van der Waals surface area contributed by atoms with Gasteiger partial charge in [0, 0.05) is 36.2 Å². The number of fused-ring (bicyclic) bond motifs is 4. The molecule has 7 nitrogen and oxygen atoms in total. The number of aryl methyl sites for hydroxylation is 1. The number of carbonyl (C=O) groups is 2. The van der Waals surface area contributed by atoms with E-state index in [0.717, 1.165) is 0 Å². The lowest BCUT2D eigenvalue weighted by Gasteiger charge is -2.52. The van der Waals surface area contributed by atoms with Gasteiger partial charge in [-0.25, -0.2) is 0 Å². The van der Waals surface area contributed by atoms with Gasteiger partial charge in [-0.2, -0.15) is 0 Å². The molecule has 3 rings (SSSR count). The molecule has 3 atom stereocenters. The Bertz CT molecular complexity index is 733. The molecule has 3 heterocycles. The van der Waals surface area contributed by atoms with Crippen LogP contribution in [0.15, 0.2) is 18.9 Å². The van der Waals surface area contributed by atoms with Gasteiger partial charge < -0.3 is 20.5 Å². The highest BCUT2D eigenvalue weighted by Gasteiger charge is 2.56. The fourth-order valence-electron chi connectivity index (χ4n) is 3.83. The highest BCUT2D eigenvalue weighted by molar-refractivity contribution is 6.02. The van der Waals surface area contributed by atoms with Crippen molar-refractivity contribution in [2.24, 2.45) is 11.7 Å². The summed E-state index contributed by atoms with van der Waals surface area (Å²) in [5.41, 5.74) is 6.51. The van der Waals surface area contributed by atoms with E-state index in [1.54, 1.807) is 19.2 Å². The first-order valence-corrected chi connectivity index (χ1v) is 7.84. The molecule has 0 radical (unpaired) electrons. The zero-order valence-corrected chi connectivity index (χ0v) is 13.8. The fraction of sp³-hybridized carbons (Fsp3) is 0.471. The van der Waals surface area contributed by atoms with Crippen molar-refractivity contribution in [3.8, 4) is 5.75 Å². The number of carbonyl (C=O) groups excluding carboxylic acids is 2. The number of likely N-dealkylation sites (tertiary alicyclic amines) is 1. The molecule has 0 unspecified atom stereocenters. The predicted molar refractivity (Wildman–Crippen MR) is 85.9 cm³/mol. The van der Waals surface area contributed by atoms with Crippen molar-refractivity contribution in [1.29, 1.82) is 0 Å². The number of aromatic nitrogens is 1. The van der Waals surface area contributed by atoms with Gasteiger partial charge in [-0.05, 0) is 13.8 Å². The van der Waals surface area contributed by atoms with Gasteiger partial charge in [0.2, 0.25) is 11.8 Å². The Balaban J connectivity index is 2.24. The van der Waals surface area contributed by atoms with E-state index in [1.165, 1.54) is 4.90 Å². The summed E-state index contributed by atoms with van der Waals surface area (Å²) >= 11 is 0. The first-order valence-electron chi connectivity index (χ1n) is 7.84. The van der Waals surface area contributed by atoms with E-state index in [1.807, 2.05) is 6.92 Å². The van der Waals surface area contributed by atoms with Crippen LogP contribution in [0, 0.1) is 12.8 Å². The van der Waals surface area contributed by atoms with Crippen molar-refractivity contribution in [3.05, 3.63) is 35.7 Å². The Morgan fingerprint density at radius 3 is 2.96 bits per heavy atom. The minimum absolute atomic E-state index is 0.248. The lowest BCUT2D eigenvalue weighted by Crippen LogP contribution is -2.64. The number of amides is 2. The standard InChI is InChI=1S/C17H21N3O4/c1-4-5-20-16(23)13(15(18)22)11-6-17(20,3)24-14-9(2)19-7-10(8-21)12(11)14/h4,7,11,13,21H,1,5-6,8H2,2-3H3,(H2,18,22)/t11-,13+,17-/m0/s1. The Morgan fingerprint density at radius 1 is 1.67 bits per heavy atom. The molecule has 3 N–H and O–H groups in total. The average molecular weight is 331 g/mol. The van der Waals surface area contributed by atoms with Crippen LogP contribution in [0.1, 0.15) is 36.1 Å². The lowest BCUT2D eigenvalue weighted by atomic mass is 9.72. The van der Waals surface area contributed by atoms with Gasteiger partial charge >= 0.3 is 0 Å². The van der Waals surface area contributed by atoms with Gasteiger partial charge in [-0.15, -0.1) is 6.58 Å². The zero-order chi connectivity index (χ0) is 17.6. The Morgan fingerprint density at radius 2 is 2.38 bits per heavy atom. The number of nitrogens with zero attached hydrogens (tertiary/aromatic N) is 2. The summed E-state index contributed by atoms with van der Waals surface area (Å²) in [6, 6.07) is 0. The first-order chi connectivity index (χ1) is 11.3. The van der Waals surface area contributed by atoms with Gasteiger partial charge in [0.25, 0.3) is 0 Å². The van der Waals surface area contributed by atoms with Crippen LogP contribution in [0.25, 0.3) is 0 Å². The molecule has 24 heavy (non-hydrogen) atoms. The van der Waals surface area contributed by atoms with E-state index < -0.39 is 23.5 Å². The van der Waals surface area contributed by atoms with E-state index in [-0.39, 0.29) is 19.1 Å². The van der Waals surface area contributed by atoms with Crippen molar-refractivity contribution in [2.75, 3.05) is 6.54 Å². The highest BCUT2D eigenvalue weighted by Crippen LogP contribution is 2.51. The predicted octanol–water partition coefficient (Wildman–Crippen LogP) is 0.594. The van der Waals surface area contributed by atoms with Gasteiger partial charge in [0.05, 0.1) is 12.3 Å². The molecule has 0 spiro atoms. The molecule has 1 fully saturated rings. The number of hydrogen-bond acceptors (Lipinski definition) is 5. The Labute approximate surface area is 140 Å². The molecule has 2 aliphatic rings. The molecule has 1 aromatic heterocycles. The van der Waals surface area contributed by atoms with Crippen molar-refractivity contribution in [3.63, 3.8) is 0 Å². The quantitative estimate of drug-likeness (QED) is 0.620. The van der Waals surface area contributed by atoms with Crippen LogP contribution in [-0.2, 0) is 16.2 Å². The molecule has 2 bridgehead atoms. The second-order valence-corrected chi connectivity index (χ2v) is 6.48. The van der Waals surface area contributed by atoms with Crippen LogP contribution >= 0.6 is 0 Å². The van der Waals surface area contributed by atoms with Crippen molar-refractivity contribution in [2.45, 2.75) is 38.5 Å². The molecule has 0 aromatic carbocycles. The fourth-order valence-corrected chi connectivity index (χ4v) is 3.83. The smallest absolute Gasteiger partial charge is 0.239 e. The number of hydrogen-bond donors (Lipinski definition) is 2. The molecule has 0 saturated carbocycles. The number of piperidine rings is 1. The number of primary amides is 1. The number of ether oxygens (including phenoxy) is 1. The molecule has 2 amide bonds. The molecular weight excluding hydrogens is 310 g/mol. The van der Waals surface area contributed by atoms with E-state index in [2.05, 4.69) is 11.6 Å². The minimum Gasteiger partial charge on any atom is -0.466 e. The molecule has 7 heteroatoms. The third kappa shape index (κ3) is 2.19. The van der Waals surface area contributed by atoms with Crippen LogP contribution in [0.3, 0.4) is 0 Å². The topological polar surface area (TPSA) is 106 Å². The summed E-state index contributed by atoms with van der Waals surface area (Å²) < 4.78 is 6.16. The number of aliphatic hydroxyl groups excluding tert-OH is 1. The van der Waals surface area contributed by atoms with Gasteiger partial charge in [-0.1, -0.05) is 6.08 Å². The van der Waals surface area contributed by atoms with Crippen LogP contribution in [0.4, 0.5) is 0 Å². The van der Waals surface area contributed by atoms with E-state index in [0.29, 0.717) is 29.0 Å². The minimum atomic E-state index is -0.993. The number of nitrogens with two attached hydrogens (primary N) is 1. The van der Waals surface area contributed by atoms with Crippen LogP contribution in [-0.4, -0.2) is 39.1 Å². The maximum absolute atomic E-state index is 12.9. The summed E-state index contributed by atoms with van der Waals surface area (Å²) in [6.07, 6.45) is 3.57. The van der Waals surface area contributed by atoms with E-state index in [9.17, 15) is 14.7 Å². The monoisotopic (exact) mass is 331 g/mol.